The van der Waals surface area contributed by atoms with Crippen LogP contribution in [0.15, 0.2) is 60.7 Å². The maximum Gasteiger partial charge on any atom is 0.294 e. The second kappa shape index (κ2) is 8.68. The summed E-state index contributed by atoms with van der Waals surface area (Å²) in [6.07, 6.45) is 4.93. The first-order valence-corrected chi connectivity index (χ1v) is 11.6. The second-order valence-corrected chi connectivity index (χ2v) is 9.65. The van der Waals surface area contributed by atoms with E-state index in [4.69, 9.17) is 0 Å². The molecule has 0 spiro atoms. The maximum absolute atomic E-state index is 13.2. The first kappa shape index (κ1) is 22.3. The van der Waals surface area contributed by atoms with Crippen LogP contribution in [0.4, 0.5) is 17.1 Å². The minimum Gasteiger partial charge on any atom is -0.360 e. The van der Waals surface area contributed by atoms with Gasteiger partial charge in [0.25, 0.3) is 5.69 Å². The quantitative estimate of drug-likeness (QED) is 0.259. The average Bonchev–Trinajstić information content (AvgIpc) is 3.50. The molecular weight excluding hydrogens is 432 g/mol. The van der Waals surface area contributed by atoms with Gasteiger partial charge in [0.1, 0.15) is 5.69 Å². The van der Waals surface area contributed by atoms with E-state index in [9.17, 15) is 19.7 Å². The summed E-state index contributed by atoms with van der Waals surface area (Å²) in [7, 11) is 3.92. The molecule has 2 bridgehead atoms. The summed E-state index contributed by atoms with van der Waals surface area (Å²) < 4.78 is 0. The van der Waals surface area contributed by atoms with E-state index in [1.165, 1.54) is 11.0 Å². The molecule has 0 unspecified atom stereocenters. The van der Waals surface area contributed by atoms with Crippen LogP contribution in [0, 0.1) is 33.8 Å². The van der Waals surface area contributed by atoms with Gasteiger partial charge in [-0.2, -0.15) is 0 Å². The minimum absolute atomic E-state index is 0.0955. The molecule has 0 aromatic heterocycles. The molecule has 176 valence electrons. The van der Waals surface area contributed by atoms with Crippen LogP contribution in [-0.4, -0.2) is 48.8 Å². The largest absolute Gasteiger partial charge is 0.360 e. The number of likely N-dealkylation sites (N-methyl/N-ethyl adjacent to an activating group) is 1. The Morgan fingerprint density at radius 2 is 1.62 bits per heavy atom. The monoisotopic (exact) mass is 460 g/mol. The van der Waals surface area contributed by atoms with Crippen LogP contribution in [0.2, 0.25) is 0 Å². The molecule has 4 atom stereocenters. The highest BCUT2D eigenvalue weighted by Gasteiger charge is 2.59. The zero-order chi connectivity index (χ0) is 24.0. The van der Waals surface area contributed by atoms with Crippen molar-refractivity contribution in [3.8, 4) is 0 Å². The van der Waals surface area contributed by atoms with Gasteiger partial charge in [-0.3, -0.25) is 19.7 Å². The van der Waals surface area contributed by atoms with Crippen LogP contribution in [0.5, 0.6) is 0 Å². The molecule has 8 nitrogen and oxygen atoms in total. The Kier molecular flexibility index (Phi) is 5.69. The van der Waals surface area contributed by atoms with Crippen LogP contribution < -0.4 is 9.80 Å². The molecular formula is C26H28N4O4. The van der Waals surface area contributed by atoms with Gasteiger partial charge in [0.15, 0.2) is 0 Å². The third kappa shape index (κ3) is 3.77. The SMILES string of the molecule is CN(C)CCN(Cc1ccccc1)c1ccc(N2C(=O)[C@H]3[C@H](C2=O)[C@H]2C=C[C@H]3C2)cc1[N+](=O)[O-]. The van der Waals surface area contributed by atoms with Gasteiger partial charge in [0, 0.05) is 25.7 Å². The number of allylic oxidation sites excluding steroid dienone is 2. The lowest BCUT2D eigenvalue weighted by atomic mass is 9.85. The van der Waals surface area contributed by atoms with E-state index in [-0.39, 0.29) is 46.9 Å². The van der Waals surface area contributed by atoms with Gasteiger partial charge >= 0.3 is 0 Å². The number of hydrogen-bond donors (Lipinski definition) is 0. The van der Waals surface area contributed by atoms with E-state index < -0.39 is 4.92 Å². The zero-order valence-corrected chi connectivity index (χ0v) is 19.3. The second-order valence-electron chi connectivity index (χ2n) is 9.65. The van der Waals surface area contributed by atoms with Gasteiger partial charge in [-0.05, 0) is 50.0 Å². The molecule has 8 heteroatoms. The number of carbonyl (C=O) groups excluding carboxylic acids is 2. The minimum atomic E-state index is -0.427. The first-order chi connectivity index (χ1) is 16.3. The Balaban J connectivity index is 1.48. The van der Waals surface area contributed by atoms with Crippen molar-refractivity contribution in [2.45, 2.75) is 13.0 Å². The third-order valence-corrected chi connectivity index (χ3v) is 7.26. The van der Waals surface area contributed by atoms with Gasteiger partial charge in [-0.1, -0.05) is 42.5 Å². The molecule has 0 radical (unpaired) electrons. The van der Waals surface area contributed by atoms with E-state index in [1.54, 1.807) is 12.1 Å². The standard InChI is InChI=1S/C26H28N4O4/c1-27(2)12-13-28(16-17-6-4-3-5-7-17)21-11-10-20(15-22(21)30(33)34)29-25(31)23-18-8-9-19(14-18)24(23)26(29)32/h3-11,15,18-19,23-24H,12-14,16H2,1-2H3/t18-,19-,23+,24+/m0/s1. The lowest BCUT2D eigenvalue weighted by molar-refractivity contribution is -0.384. The third-order valence-electron chi connectivity index (χ3n) is 7.26. The molecule has 2 aromatic rings. The van der Waals surface area contributed by atoms with Crippen molar-refractivity contribution in [1.29, 1.82) is 0 Å². The lowest BCUT2D eigenvalue weighted by Crippen LogP contribution is -2.33. The number of nitrogens with zero attached hydrogens (tertiary/aromatic N) is 4. The summed E-state index contributed by atoms with van der Waals surface area (Å²) in [5.41, 5.74) is 1.69. The summed E-state index contributed by atoms with van der Waals surface area (Å²) in [5.74, 6) is -0.951. The summed E-state index contributed by atoms with van der Waals surface area (Å²) in [6, 6.07) is 14.5. The number of fused-ring (bicyclic) bond motifs is 5. The average molecular weight is 461 g/mol. The number of anilines is 2. The van der Waals surface area contributed by atoms with Gasteiger partial charge in [0.05, 0.1) is 22.4 Å². The van der Waals surface area contributed by atoms with Gasteiger partial charge < -0.3 is 9.80 Å². The molecule has 2 amide bonds. The van der Waals surface area contributed by atoms with Gasteiger partial charge in [-0.25, -0.2) is 4.90 Å². The molecule has 1 aliphatic heterocycles. The molecule has 1 heterocycles. The number of rotatable bonds is 8. The topological polar surface area (TPSA) is 87.0 Å². The molecule has 1 saturated heterocycles. The predicted molar refractivity (Wildman–Crippen MR) is 129 cm³/mol. The Morgan fingerprint density at radius 1 is 0.971 bits per heavy atom. The summed E-state index contributed by atoms with van der Waals surface area (Å²) in [5, 5.41) is 12.1. The first-order valence-electron chi connectivity index (χ1n) is 11.6. The van der Waals surface area contributed by atoms with E-state index in [0.29, 0.717) is 25.3 Å². The Bertz CT molecular complexity index is 1130. The van der Waals surface area contributed by atoms with Crippen molar-refractivity contribution in [2.75, 3.05) is 37.0 Å². The lowest BCUT2D eigenvalue weighted by Gasteiger charge is -2.27. The normalized spacial score (nSPS) is 24.9. The van der Waals surface area contributed by atoms with Crippen LogP contribution in [0.1, 0.15) is 12.0 Å². The molecule has 34 heavy (non-hydrogen) atoms. The molecule has 5 rings (SSSR count). The molecule has 0 N–H and O–H groups in total. The highest BCUT2D eigenvalue weighted by atomic mass is 16.6. The Morgan fingerprint density at radius 3 is 2.21 bits per heavy atom. The van der Waals surface area contributed by atoms with Crippen molar-refractivity contribution >= 4 is 28.9 Å². The van der Waals surface area contributed by atoms with Crippen LogP contribution >= 0.6 is 0 Å². The smallest absolute Gasteiger partial charge is 0.294 e. The number of hydrogen-bond acceptors (Lipinski definition) is 6. The highest BCUT2D eigenvalue weighted by Crippen LogP contribution is 2.53. The zero-order valence-electron chi connectivity index (χ0n) is 19.3. The molecule has 1 saturated carbocycles. The van der Waals surface area contributed by atoms with Crippen molar-refractivity contribution in [2.24, 2.45) is 23.7 Å². The molecule has 3 aliphatic rings. The fourth-order valence-corrected chi connectivity index (χ4v) is 5.63. The summed E-state index contributed by atoms with van der Waals surface area (Å²) in [4.78, 5) is 43.3. The predicted octanol–water partition coefficient (Wildman–Crippen LogP) is 3.47. The fraction of sp³-hybridized carbons (Fsp3) is 0.385. The van der Waals surface area contributed by atoms with E-state index >= 15 is 0 Å². The van der Waals surface area contributed by atoms with E-state index in [2.05, 4.69) is 0 Å². The Labute approximate surface area is 198 Å². The van der Waals surface area contributed by atoms with Crippen LogP contribution in [0.25, 0.3) is 0 Å². The van der Waals surface area contributed by atoms with Crippen molar-refractivity contribution in [3.05, 3.63) is 76.4 Å². The highest BCUT2D eigenvalue weighted by molar-refractivity contribution is 6.23. The van der Waals surface area contributed by atoms with Crippen molar-refractivity contribution in [3.63, 3.8) is 0 Å². The van der Waals surface area contributed by atoms with E-state index in [1.807, 2.05) is 66.4 Å². The van der Waals surface area contributed by atoms with Gasteiger partial charge in [-0.15, -0.1) is 0 Å². The number of imide groups is 1. The number of amides is 2. The number of benzene rings is 2. The van der Waals surface area contributed by atoms with Crippen LogP contribution in [0.3, 0.4) is 0 Å². The number of nitro groups is 1. The van der Waals surface area contributed by atoms with Crippen LogP contribution in [-0.2, 0) is 16.1 Å². The van der Waals surface area contributed by atoms with E-state index in [0.717, 1.165) is 12.0 Å². The maximum atomic E-state index is 13.2. The fourth-order valence-electron chi connectivity index (χ4n) is 5.63. The number of nitro benzene ring substituents is 1. The molecule has 2 aliphatic carbocycles. The van der Waals surface area contributed by atoms with Gasteiger partial charge in [0.2, 0.25) is 11.8 Å². The van der Waals surface area contributed by atoms with Crippen molar-refractivity contribution < 1.29 is 14.5 Å². The summed E-state index contributed by atoms with van der Waals surface area (Å²) >= 11 is 0. The number of carbonyl (C=O) groups is 2. The molecule has 2 fully saturated rings. The summed E-state index contributed by atoms with van der Waals surface area (Å²) in [6.45, 7) is 1.81. The Hall–Kier alpha value is -3.52. The molecule has 2 aromatic carbocycles. The van der Waals surface area contributed by atoms with Crippen molar-refractivity contribution in [1.82, 2.24) is 4.90 Å².